The molecular weight excluding hydrogens is 486 g/mol. The predicted octanol–water partition coefficient (Wildman–Crippen LogP) is 4.28. The summed E-state index contributed by atoms with van der Waals surface area (Å²) in [6.07, 6.45) is 3.41. The zero-order valence-electron chi connectivity index (χ0n) is 21.7. The number of methoxy groups -OCH3 is 1. The summed E-state index contributed by atoms with van der Waals surface area (Å²) in [6.45, 7) is 4.31. The van der Waals surface area contributed by atoms with E-state index in [1.807, 2.05) is 19.1 Å². The topological polar surface area (TPSA) is 115 Å². The molecular formula is C29H31N3O6. The number of aryl methyl sites for hydroxylation is 1. The van der Waals surface area contributed by atoms with Crippen LogP contribution in [-0.2, 0) is 4.79 Å². The Hall–Kier alpha value is -4.66. The minimum absolute atomic E-state index is 0.228. The van der Waals surface area contributed by atoms with Gasteiger partial charge in [0.1, 0.15) is 5.75 Å². The number of esters is 1. The van der Waals surface area contributed by atoms with Gasteiger partial charge in [-0.2, -0.15) is 5.10 Å². The fourth-order valence-corrected chi connectivity index (χ4v) is 3.33. The zero-order chi connectivity index (χ0) is 27.3. The van der Waals surface area contributed by atoms with E-state index in [0.717, 1.165) is 18.4 Å². The Morgan fingerprint density at radius 1 is 0.974 bits per heavy atom. The molecule has 198 valence electrons. The number of nitrogens with zero attached hydrogens (tertiary/aromatic N) is 1. The molecule has 0 unspecified atom stereocenters. The average Bonchev–Trinajstić information content (AvgIpc) is 2.93. The van der Waals surface area contributed by atoms with E-state index >= 15 is 0 Å². The first-order valence-electron chi connectivity index (χ1n) is 12.2. The van der Waals surface area contributed by atoms with Crippen molar-refractivity contribution in [1.29, 1.82) is 0 Å². The van der Waals surface area contributed by atoms with Crippen molar-refractivity contribution in [2.45, 2.75) is 26.7 Å². The van der Waals surface area contributed by atoms with E-state index < -0.39 is 11.9 Å². The smallest absolute Gasteiger partial charge is 0.343 e. The Labute approximate surface area is 221 Å². The number of amides is 2. The van der Waals surface area contributed by atoms with E-state index in [1.54, 1.807) is 54.6 Å². The highest BCUT2D eigenvalue weighted by atomic mass is 16.6. The van der Waals surface area contributed by atoms with E-state index in [4.69, 9.17) is 14.2 Å². The van der Waals surface area contributed by atoms with Gasteiger partial charge in [-0.05, 0) is 73.0 Å². The molecule has 9 nitrogen and oxygen atoms in total. The van der Waals surface area contributed by atoms with Crippen LogP contribution in [0.1, 0.15) is 51.6 Å². The summed E-state index contributed by atoms with van der Waals surface area (Å²) in [6, 6.07) is 18.7. The number of hydrogen-bond acceptors (Lipinski definition) is 7. The first kappa shape index (κ1) is 27.9. The van der Waals surface area contributed by atoms with E-state index in [1.165, 1.54) is 13.3 Å². The predicted molar refractivity (Wildman–Crippen MR) is 144 cm³/mol. The molecule has 0 bridgehead atoms. The summed E-state index contributed by atoms with van der Waals surface area (Å²) in [4.78, 5) is 36.8. The summed E-state index contributed by atoms with van der Waals surface area (Å²) >= 11 is 0. The Balaban J connectivity index is 1.52. The molecule has 3 rings (SSSR count). The summed E-state index contributed by atoms with van der Waals surface area (Å²) in [5.74, 6) is -0.114. The minimum atomic E-state index is -0.537. The van der Waals surface area contributed by atoms with E-state index in [0.29, 0.717) is 34.8 Å². The molecule has 0 aromatic heterocycles. The Kier molecular flexibility index (Phi) is 10.4. The second-order valence-electron chi connectivity index (χ2n) is 8.32. The first-order chi connectivity index (χ1) is 18.4. The number of nitrogens with one attached hydrogen (secondary N) is 2. The van der Waals surface area contributed by atoms with Crippen LogP contribution < -0.4 is 25.0 Å². The third-order valence-electron chi connectivity index (χ3n) is 5.45. The molecule has 0 aliphatic carbocycles. The van der Waals surface area contributed by atoms with Crippen LogP contribution in [0.5, 0.6) is 17.2 Å². The molecule has 0 fully saturated rings. The number of carbonyl (C=O) groups excluding carboxylic acids is 3. The van der Waals surface area contributed by atoms with Crippen LogP contribution in [0.25, 0.3) is 0 Å². The maximum atomic E-state index is 12.6. The van der Waals surface area contributed by atoms with Crippen molar-refractivity contribution in [3.63, 3.8) is 0 Å². The average molecular weight is 518 g/mol. The monoisotopic (exact) mass is 517 g/mol. The highest BCUT2D eigenvalue weighted by Gasteiger charge is 2.13. The molecule has 3 aromatic carbocycles. The van der Waals surface area contributed by atoms with Gasteiger partial charge in [0.2, 0.25) is 0 Å². The number of benzene rings is 3. The number of hydrazone groups is 1. The van der Waals surface area contributed by atoms with Gasteiger partial charge < -0.3 is 19.5 Å². The van der Waals surface area contributed by atoms with Gasteiger partial charge in [-0.3, -0.25) is 9.59 Å². The number of carbonyl (C=O) groups is 3. The van der Waals surface area contributed by atoms with Crippen molar-refractivity contribution in [1.82, 2.24) is 10.7 Å². The van der Waals surface area contributed by atoms with Gasteiger partial charge in [0.25, 0.3) is 11.8 Å². The molecule has 38 heavy (non-hydrogen) atoms. The van der Waals surface area contributed by atoms with Crippen LogP contribution in [0.15, 0.2) is 71.8 Å². The Morgan fingerprint density at radius 2 is 1.74 bits per heavy atom. The van der Waals surface area contributed by atoms with Gasteiger partial charge in [-0.15, -0.1) is 0 Å². The maximum Gasteiger partial charge on any atom is 0.343 e. The lowest BCUT2D eigenvalue weighted by molar-refractivity contribution is -0.120. The largest absolute Gasteiger partial charge is 0.494 e. The standard InChI is InChI=1S/C29H31N3O6/c1-4-5-16-37-23-13-11-22(12-14-23)29(35)38-25-15-10-21(17-26(25)36-3)18-31-32-27(33)19-30-28(34)24-9-7-6-8-20(24)2/h6-15,17-18H,4-5,16,19H2,1-3H3,(H,30,34)(H,32,33)/b31-18+. The molecule has 0 saturated heterocycles. The summed E-state index contributed by atoms with van der Waals surface area (Å²) in [5, 5.41) is 6.47. The molecule has 3 aromatic rings. The van der Waals surface area contributed by atoms with E-state index in [9.17, 15) is 14.4 Å². The highest BCUT2D eigenvalue weighted by molar-refractivity contribution is 5.97. The number of hydrogen-bond donors (Lipinski definition) is 2. The van der Waals surface area contributed by atoms with Crippen molar-refractivity contribution in [2.75, 3.05) is 20.3 Å². The maximum absolute atomic E-state index is 12.6. The molecule has 0 atom stereocenters. The third-order valence-corrected chi connectivity index (χ3v) is 5.45. The van der Waals surface area contributed by atoms with Crippen LogP contribution in [0.3, 0.4) is 0 Å². The second kappa shape index (κ2) is 14.2. The number of unbranched alkanes of at least 4 members (excludes halogenated alkanes) is 1. The van der Waals surface area contributed by atoms with Crippen LogP contribution >= 0.6 is 0 Å². The Morgan fingerprint density at radius 3 is 2.45 bits per heavy atom. The van der Waals surface area contributed by atoms with Crippen molar-refractivity contribution in [3.05, 3.63) is 89.0 Å². The van der Waals surface area contributed by atoms with Crippen LogP contribution in [0.2, 0.25) is 0 Å². The highest BCUT2D eigenvalue weighted by Crippen LogP contribution is 2.28. The van der Waals surface area contributed by atoms with Crippen LogP contribution in [-0.4, -0.2) is 44.3 Å². The van der Waals surface area contributed by atoms with Gasteiger partial charge in [0.05, 0.1) is 32.0 Å². The summed E-state index contributed by atoms with van der Waals surface area (Å²) < 4.78 is 16.5. The van der Waals surface area contributed by atoms with Crippen LogP contribution in [0, 0.1) is 6.92 Å². The molecule has 0 aliphatic heterocycles. The minimum Gasteiger partial charge on any atom is -0.494 e. The quantitative estimate of drug-likeness (QED) is 0.122. The normalized spacial score (nSPS) is 10.6. The lowest BCUT2D eigenvalue weighted by Crippen LogP contribution is -2.35. The number of ether oxygens (including phenoxy) is 3. The molecule has 2 N–H and O–H groups in total. The second-order valence-corrected chi connectivity index (χ2v) is 8.32. The van der Waals surface area contributed by atoms with Gasteiger partial charge in [-0.25, -0.2) is 10.2 Å². The van der Waals surface area contributed by atoms with E-state index in [-0.39, 0.29) is 18.2 Å². The lowest BCUT2D eigenvalue weighted by atomic mass is 10.1. The van der Waals surface area contributed by atoms with Gasteiger partial charge in [0, 0.05) is 5.56 Å². The van der Waals surface area contributed by atoms with Crippen molar-refractivity contribution < 1.29 is 28.6 Å². The van der Waals surface area contributed by atoms with Crippen molar-refractivity contribution in [2.24, 2.45) is 5.10 Å². The van der Waals surface area contributed by atoms with Crippen molar-refractivity contribution >= 4 is 24.0 Å². The zero-order valence-corrected chi connectivity index (χ0v) is 21.7. The molecule has 9 heteroatoms. The first-order valence-corrected chi connectivity index (χ1v) is 12.2. The van der Waals surface area contributed by atoms with Crippen LogP contribution in [0.4, 0.5) is 0 Å². The molecule has 2 amide bonds. The lowest BCUT2D eigenvalue weighted by Gasteiger charge is -2.10. The summed E-state index contributed by atoms with van der Waals surface area (Å²) in [5.41, 5.74) is 4.65. The molecule has 0 spiro atoms. The van der Waals surface area contributed by atoms with Gasteiger partial charge in [0.15, 0.2) is 11.5 Å². The number of rotatable bonds is 12. The molecule has 0 saturated carbocycles. The van der Waals surface area contributed by atoms with Gasteiger partial charge in [-0.1, -0.05) is 31.5 Å². The fourth-order valence-electron chi connectivity index (χ4n) is 3.33. The molecule has 0 radical (unpaired) electrons. The summed E-state index contributed by atoms with van der Waals surface area (Å²) in [7, 11) is 1.45. The van der Waals surface area contributed by atoms with E-state index in [2.05, 4.69) is 22.8 Å². The molecule has 0 heterocycles. The van der Waals surface area contributed by atoms with Gasteiger partial charge >= 0.3 is 5.97 Å². The molecule has 0 aliphatic rings. The third kappa shape index (κ3) is 8.19. The Bertz CT molecular complexity index is 1290. The van der Waals surface area contributed by atoms with Crippen molar-refractivity contribution in [3.8, 4) is 17.2 Å². The SMILES string of the molecule is CCCCOc1ccc(C(=O)Oc2ccc(/C=N/NC(=O)CNC(=O)c3ccccc3C)cc2OC)cc1. The fraction of sp³-hybridized carbons (Fsp3) is 0.241.